The van der Waals surface area contributed by atoms with E-state index in [0.717, 1.165) is 6.07 Å². The molecular weight excluding hydrogens is 260 g/mol. The highest BCUT2D eigenvalue weighted by atomic mass is 19.4. The van der Waals surface area contributed by atoms with E-state index in [0.29, 0.717) is 22.8 Å². The van der Waals surface area contributed by atoms with Crippen LogP contribution in [0.15, 0.2) is 36.4 Å². The van der Waals surface area contributed by atoms with Crippen LogP contribution in [0.5, 0.6) is 5.75 Å². The Morgan fingerprint density at radius 1 is 0.947 bits per heavy atom. The zero-order valence-corrected chi connectivity index (χ0v) is 9.92. The molecule has 5 heteroatoms. The van der Waals surface area contributed by atoms with E-state index in [2.05, 4.69) is 0 Å². The van der Waals surface area contributed by atoms with Crippen LogP contribution in [0, 0.1) is 12.7 Å². The van der Waals surface area contributed by atoms with Gasteiger partial charge in [0.1, 0.15) is 11.6 Å². The first kappa shape index (κ1) is 13.4. The highest BCUT2D eigenvalue weighted by Crippen LogP contribution is 2.34. The number of halogens is 4. The lowest BCUT2D eigenvalue weighted by Crippen LogP contribution is -2.07. The third-order valence-corrected chi connectivity index (χ3v) is 2.80. The summed E-state index contributed by atoms with van der Waals surface area (Å²) in [5, 5.41) is 9.37. The van der Waals surface area contributed by atoms with Crippen LogP contribution >= 0.6 is 0 Å². The van der Waals surface area contributed by atoms with Crippen molar-refractivity contribution in [3.63, 3.8) is 0 Å². The molecule has 0 saturated heterocycles. The molecule has 2 rings (SSSR count). The number of hydrogen-bond acceptors (Lipinski definition) is 1. The first-order chi connectivity index (χ1) is 8.79. The molecule has 0 aliphatic carbocycles. The zero-order valence-electron chi connectivity index (χ0n) is 9.92. The predicted molar refractivity (Wildman–Crippen MR) is 63.2 cm³/mol. The van der Waals surface area contributed by atoms with Gasteiger partial charge in [0.15, 0.2) is 0 Å². The molecule has 1 N–H and O–H groups in total. The number of phenolic OH excluding ortho intramolecular Hbond substituents is 1. The summed E-state index contributed by atoms with van der Waals surface area (Å²) in [6, 6.07) is 7.28. The molecule has 0 aliphatic heterocycles. The lowest BCUT2D eigenvalue weighted by atomic mass is 10.0. The third kappa shape index (κ3) is 2.70. The highest BCUT2D eigenvalue weighted by Gasteiger charge is 2.33. The van der Waals surface area contributed by atoms with Crippen LogP contribution in [0.1, 0.15) is 11.1 Å². The van der Waals surface area contributed by atoms with Gasteiger partial charge in [-0.1, -0.05) is 12.1 Å². The van der Waals surface area contributed by atoms with Gasteiger partial charge in [-0.25, -0.2) is 4.39 Å². The van der Waals surface area contributed by atoms with Gasteiger partial charge in [-0.05, 0) is 47.9 Å². The fraction of sp³-hybridized carbons (Fsp3) is 0.143. The largest absolute Gasteiger partial charge is 0.508 e. The number of hydrogen-bond donors (Lipinski definition) is 1. The van der Waals surface area contributed by atoms with Crippen molar-refractivity contribution in [1.29, 1.82) is 0 Å². The molecule has 0 bridgehead atoms. The molecule has 0 aromatic heterocycles. The predicted octanol–water partition coefficient (Wildman–Crippen LogP) is 4.53. The Morgan fingerprint density at radius 2 is 1.53 bits per heavy atom. The second-order valence-electron chi connectivity index (χ2n) is 4.19. The van der Waals surface area contributed by atoms with Gasteiger partial charge in [-0.3, -0.25) is 0 Å². The highest BCUT2D eigenvalue weighted by molar-refractivity contribution is 5.66. The maximum Gasteiger partial charge on any atom is 0.419 e. The summed E-state index contributed by atoms with van der Waals surface area (Å²) in [6.45, 7) is 1.65. The van der Waals surface area contributed by atoms with Crippen LogP contribution < -0.4 is 0 Å². The Morgan fingerprint density at radius 3 is 2.05 bits per heavy atom. The van der Waals surface area contributed by atoms with Gasteiger partial charge in [-0.15, -0.1) is 0 Å². The molecule has 0 spiro atoms. The van der Waals surface area contributed by atoms with Gasteiger partial charge in [0, 0.05) is 0 Å². The summed E-state index contributed by atoms with van der Waals surface area (Å²) in [5.41, 5.74) is 0.154. The molecular formula is C14H10F4O. The molecule has 0 aliphatic rings. The summed E-state index contributed by atoms with van der Waals surface area (Å²) in [5.74, 6) is -1.23. The van der Waals surface area contributed by atoms with Crippen molar-refractivity contribution in [3.8, 4) is 16.9 Å². The van der Waals surface area contributed by atoms with Crippen molar-refractivity contribution >= 4 is 0 Å². The van der Waals surface area contributed by atoms with E-state index in [4.69, 9.17) is 0 Å². The maximum atomic E-state index is 13.4. The molecule has 0 amide bonds. The summed E-state index contributed by atoms with van der Waals surface area (Å²) in [4.78, 5) is 0. The van der Waals surface area contributed by atoms with E-state index in [1.54, 1.807) is 13.0 Å². The van der Waals surface area contributed by atoms with Gasteiger partial charge in [0.05, 0.1) is 5.56 Å². The van der Waals surface area contributed by atoms with Gasteiger partial charge < -0.3 is 5.11 Å². The topological polar surface area (TPSA) is 20.2 Å². The van der Waals surface area contributed by atoms with E-state index in [9.17, 15) is 22.7 Å². The molecule has 2 aromatic rings. The molecule has 0 atom stereocenters. The Hall–Kier alpha value is -2.04. The lowest BCUT2D eigenvalue weighted by molar-refractivity contribution is -0.139. The number of benzene rings is 2. The van der Waals surface area contributed by atoms with E-state index in [-0.39, 0.29) is 5.75 Å². The second-order valence-corrected chi connectivity index (χ2v) is 4.19. The van der Waals surface area contributed by atoms with Crippen molar-refractivity contribution in [1.82, 2.24) is 0 Å². The summed E-state index contributed by atoms with van der Waals surface area (Å²) < 4.78 is 50.7. The monoisotopic (exact) mass is 270 g/mol. The van der Waals surface area contributed by atoms with Crippen LogP contribution in [-0.4, -0.2) is 5.11 Å². The quantitative estimate of drug-likeness (QED) is 0.755. The van der Waals surface area contributed by atoms with Crippen molar-refractivity contribution in [3.05, 3.63) is 53.3 Å². The smallest absolute Gasteiger partial charge is 0.419 e. The van der Waals surface area contributed by atoms with Crippen LogP contribution in [-0.2, 0) is 6.18 Å². The van der Waals surface area contributed by atoms with Crippen LogP contribution in [0.2, 0.25) is 0 Å². The minimum atomic E-state index is -4.70. The van der Waals surface area contributed by atoms with Crippen LogP contribution in [0.25, 0.3) is 11.1 Å². The normalized spacial score (nSPS) is 11.6. The number of phenols is 1. The second kappa shape index (κ2) is 4.57. The Labute approximate surface area is 107 Å². The van der Waals surface area contributed by atoms with Crippen LogP contribution in [0.4, 0.5) is 17.6 Å². The molecule has 0 radical (unpaired) electrons. The summed E-state index contributed by atoms with van der Waals surface area (Å²) in [7, 11) is 0. The molecule has 1 nitrogen and oxygen atoms in total. The van der Waals surface area contributed by atoms with E-state index >= 15 is 0 Å². The average Bonchev–Trinajstić information content (AvgIpc) is 2.31. The number of aromatic hydroxyl groups is 1. The van der Waals surface area contributed by atoms with Gasteiger partial charge in [-0.2, -0.15) is 13.2 Å². The molecule has 0 saturated carbocycles. The first-order valence-electron chi connectivity index (χ1n) is 5.46. The Bertz CT molecular complexity index is 617. The molecule has 100 valence electrons. The molecule has 0 fully saturated rings. The molecule has 2 aromatic carbocycles. The fourth-order valence-electron chi connectivity index (χ4n) is 1.76. The first-order valence-corrected chi connectivity index (χ1v) is 5.46. The number of alkyl halides is 3. The Kier molecular flexibility index (Phi) is 3.22. The van der Waals surface area contributed by atoms with E-state index < -0.39 is 17.6 Å². The molecule has 0 unspecified atom stereocenters. The minimum Gasteiger partial charge on any atom is -0.508 e. The fourth-order valence-corrected chi connectivity index (χ4v) is 1.76. The van der Waals surface area contributed by atoms with Crippen molar-refractivity contribution in [2.24, 2.45) is 0 Å². The minimum absolute atomic E-state index is 0.0798. The van der Waals surface area contributed by atoms with Gasteiger partial charge >= 0.3 is 6.18 Å². The van der Waals surface area contributed by atoms with E-state index in [1.165, 1.54) is 18.2 Å². The van der Waals surface area contributed by atoms with Gasteiger partial charge in [0.25, 0.3) is 0 Å². The van der Waals surface area contributed by atoms with Crippen molar-refractivity contribution < 1.29 is 22.7 Å². The van der Waals surface area contributed by atoms with Crippen molar-refractivity contribution in [2.75, 3.05) is 0 Å². The molecule has 19 heavy (non-hydrogen) atoms. The SMILES string of the molecule is Cc1cc(-c2ccc(C(F)(F)F)c(F)c2)ccc1O. The number of rotatable bonds is 1. The maximum absolute atomic E-state index is 13.4. The van der Waals surface area contributed by atoms with Gasteiger partial charge in [0.2, 0.25) is 0 Å². The third-order valence-electron chi connectivity index (χ3n) is 2.80. The van der Waals surface area contributed by atoms with E-state index in [1.807, 2.05) is 0 Å². The van der Waals surface area contributed by atoms with Crippen LogP contribution in [0.3, 0.4) is 0 Å². The summed E-state index contributed by atoms with van der Waals surface area (Å²) in [6.07, 6.45) is -4.70. The number of aryl methyl sites for hydroxylation is 1. The van der Waals surface area contributed by atoms with Crippen molar-refractivity contribution in [2.45, 2.75) is 13.1 Å². The lowest BCUT2D eigenvalue weighted by Gasteiger charge is -2.10. The average molecular weight is 270 g/mol. The Balaban J connectivity index is 2.47. The molecule has 0 heterocycles. The standard InChI is InChI=1S/C14H10F4O/c1-8-6-9(3-5-13(8)19)10-2-4-11(12(15)7-10)14(16,17)18/h2-7,19H,1H3. The zero-order chi connectivity index (χ0) is 14.2. The summed E-state index contributed by atoms with van der Waals surface area (Å²) >= 11 is 0.